The molecule has 1 aromatic rings. The number of ether oxygens (including phenoxy) is 1. The fourth-order valence-electron chi connectivity index (χ4n) is 1.58. The van der Waals surface area contributed by atoms with Gasteiger partial charge in [0.15, 0.2) is 0 Å². The number of benzene rings is 1. The van der Waals surface area contributed by atoms with E-state index in [1.165, 1.54) is 0 Å². The molecule has 1 rings (SSSR count). The van der Waals surface area contributed by atoms with Gasteiger partial charge in [-0.2, -0.15) is 0 Å². The van der Waals surface area contributed by atoms with Crippen LogP contribution in [0.2, 0.25) is 0 Å². The number of hydrogen-bond acceptors (Lipinski definition) is 3. The molecule has 0 saturated heterocycles. The lowest BCUT2D eigenvalue weighted by molar-refractivity contribution is -0.120. The first-order valence-electron chi connectivity index (χ1n) is 5.81. The number of para-hydroxylation sites is 1. The maximum atomic E-state index is 11.7. The zero-order chi connectivity index (χ0) is 12.5. The Kier molecular flexibility index (Phi) is 9.06. The number of nitrogens with one attached hydrogen (secondary N) is 2. The standard InChI is InChI=1S/C13H20N2O2.ClH/c1-14-8-5-9-15-13(16)10-11-6-3-4-7-12(11)17-2;/h3-4,6-7,14H,5,8-10H2,1-2H3,(H,15,16);1H. The van der Waals surface area contributed by atoms with E-state index in [9.17, 15) is 4.79 Å². The van der Waals surface area contributed by atoms with Crippen molar-refractivity contribution in [1.82, 2.24) is 10.6 Å². The van der Waals surface area contributed by atoms with Crippen molar-refractivity contribution >= 4 is 18.3 Å². The van der Waals surface area contributed by atoms with Crippen molar-refractivity contribution in [2.45, 2.75) is 12.8 Å². The molecule has 0 aromatic heterocycles. The normalized spacial score (nSPS) is 9.44. The number of amides is 1. The Hall–Kier alpha value is -1.26. The van der Waals surface area contributed by atoms with E-state index in [0.717, 1.165) is 24.3 Å². The Labute approximate surface area is 115 Å². The minimum Gasteiger partial charge on any atom is -0.496 e. The Morgan fingerprint density at radius 3 is 2.67 bits per heavy atom. The van der Waals surface area contributed by atoms with E-state index < -0.39 is 0 Å². The maximum absolute atomic E-state index is 11.7. The fourth-order valence-corrected chi connectivity index (χ4v) is 1.58. The molecule has 1 aromatic carbocycles. The van der Waals surface area contributed by atoms with E-state index in [1.807, 2.05) is 31.3 Å². The van der Waals surface area contributed by atoms with Crippen LogP contribution in [-0.4, -0.2) is 33.2 Å². The third-order valence-corrected chi connectivity index (χ3v) is 2.47. The molecule has 0 saturated carbocycles. The van der Waals surface area contributed by atoms with E-state index in [4.69, 9.17) is 4.74 Å². The minimum atomic E-state index is 0. The maximum Gasteiger partial charge on any atom is 0.224 e. The summed E-state index contributed by atoms with van der Waals surface area (Å²) in [6.07, 6.45) is 1.30. The lowest BCUT2D eigenvalue weighted by Crippen LogP contribution is -2.28. The largest absolute Gasteiger partial charge is 0.496 e. The molecule has 0 aliphatic rings. The summed E-state index contributed by atoms with van der Waals surface area (Å²) in [5, 5.41) is 5.92. The number of hydrogen-bond donors (Lipinski definition) is 2. The smallest absolute Gasteiger partial charge is 0.224 e. The van der Waals surface area contributed by atoms with Crippen molar-refractivity contribution in [1.29, 1.82) is 0 Å². The predicted molar refractivity (Wildman–Crippen MR) is 75.5 cm³/mol. The Morgan fingerprint density at radius 2 is 2.00 bits per heavy atom. The van der Waals surface area contributed by atoms with Crippen LogP contribution in [-0.2, 0) is 11.2 Å². The first kappa shape index (κ1) is 16.7. The van der Waals surface area contributed by atoms with Crippen LogP contribution >= 0.6 is 12.4 Å². The van der Waals surface area contributed by atoms with E-state index in [0.29, 0.717) is 13.0 Å². The van der Waals surface area contributed by atoms with Crippen LogP contribution in [0.15, 0.2) is 24.3 Å². The number of halogens is 1. The second-order valence-corrected chi connectivity index (χ2v) is 3.80. The van der Waals surface area contributed by atoms with Gasteiger partial charge in [0.1, 0.15) is 5.75 Å². The van der Waals surface area contributed by atoms with Gasteiger partial charge in [-0.05, 0) is 26.1 Å². The summed E-state index contributed by atoms with van der Waals surface area (Å²) in [5.41, 5.74) is 0.918. The van der Waals surface area contributed by atoms with Crippen molar-refractivity contribution in [3.63, 3.8) is 0 Å². The van der Waals surface area contributed by atoms with E-state index >= 15 is 0 Å². The summed E-state index contributed by atoms with van der Waals surface area (Å²) in [7, 11) is 3.51. The first-order chi connectivity index (χ1) is 8.27. The van der Waals surface area contributed by atoms with Crippen molar-refractivity contribution in [2.75, 3.05) is 27.2 Å². The van der Waals surface area contributed by atoms with Crippen molar-refractivity contribution in [2.24, 2.45) is 0 Å². The van der Waals surface area contributed by atoms with Crippen LogP contribution in [0.1, 0.15) is 12.0 Å². The van der Waals surface area contributed by atoms with Crippen LogP contribution in [0.25, 0.3) is 0 Å². The molecule has 0 bridgehead atoms. The lowest BCUT2D eigenvalue weighted by Gasteiger charge is -2.08. The van der Waals surface area contributed by atoms with E-state index in [1.54, 1.807) is 7.11 Å². The molecule has 0 aliphatic carbocycles. The number of rotatable bonds is 7. The SMILES string of the molecule is CNCCCNC(=O)Cc1ccccc1OC.Cl. The van der Waals surface area contributed by atoms with Gasteiger partial charge in [-0.25, -0.2) is 0 Å². The molecule has 102 valence electrons. The van der Waals surface area contributed by atoms with Crippen molar-refractivity contribution in [3.8, 4) is 5.75 Å². The highest BCUT2D eigenvalue weighted by Gasteiger charge is 2.07. The zero-order valence-electron chi connectivity index (χ0n) is 10.9. The van der Waals surface area contributed by atoms with Gasteiger partial charge in [0, 0.05) is 12.1 Å². The number of methoxy groups -OCH3 is 1. The molecular weight excluding hydrogens is 252 g/mol. The average Bonchev–Trinajstić information content (AvgIpc) is 2.35. The molecule has 0 fully saturated rings. The van der Waals surface area contributed by atoms with E-state index in [-0.39, 0.29) is 18.3 Å². The van der Waals surface area contributed by atoms with Gasteiger partial charge in [0.2, 0.25) is 5.91 Å². The van der Waals surface area contributed by atoms with Crippen molar-refractivity contribution in [3.05, 3.63) is 29.8 Å². The highest BCUT2D eigenvalue weighted by atomic mass is 35.5. The summed E-state index contributed by atoms with van der Waals surface area (Å²) < 4.78 is 5.20. The second-order valence-electron chi connectivity index (χ2n) is 3.80. The number of carbonyl (C=O) groups excluding carboxylic acids is 1. The van der Waals surface area contributed by atoms with Crippen LogP contribution in [0, 0.1) is 0 Å². The molecule has 5 heteroatoms. The topological polar surface area (TPSA) is 50.4 Å². The summed E-state index contributed by atoms with van der Waals surface area (Å²) in [6.45, 7) is 1.61. The van der Waals surface area contributed by atoms with Crippen LogP contribution in [0.3, 0.4) is 0 Å². The third kappa shape index (κ3) is 5.89. The molecule has 18 heavy (non-hydrogen) atoms. The van der Waals surface area contributed by atoms with Gasteiger partial charge in [0.05, 0.1) is 13.5 Å². The predicted octanol–water partition coefficient (Wildman–Crippen LogP) is 1.39. The van der Waals surface area contributed by atoms with Crippen LogP contribution in [0.4, 0.5) is 0 Å². The fraction of sp³-hybridized carbons (Fsp3) is 0.462. The molecule has 4 nitrogen and oxygen atoms in total. The second kappa shape index (κ2) is 9.74. The van der Waals surface area contributed by atoms with Gasteiger partial charge >= 0.3 is 0 Å². The zero-order valence-corrected chi connectivity index (χ0v) is 11.7. The highest BCUT2D eigenvalue weighted by molar-refractivity contribution is 5.85. The van der Waals surface area contributed by atoms with Gasteiger partial charge in [-0.15, -0.1) is 12.4 Å². The third-order valence-electron chi connectivity index (χ3n) is 2.47. The molecular formula is C13H21ClN2O2. The molecule has 0 unspecified atom stereocenters. The van der Waals surface area contributed by atoms with E-state index in [2.05, 4.69) is 10.6 Å². The van der Waals surface area contributed by atoms with Gasteiger partial charge in [0.25, 0.3) is 0 Å². The summed E-state index contributed by atoms with van der Waals surface area (Å²) in [6, 6.07) is 7.58. The molecule has 0 atom stereocenters. The van der Waals surface area contributed by atoms with Gasteiger partial charge in [-0.1, -0.05) is 18.2 Å². The monoisotopic (exact) mass is 272 g/mol. The molecule has 0 spiro atoms. The Morgan fingerprint density at radius 1 is 1.28 bits per heavy atom. The quantitative estimate of drug-likeness (QED) is 0.738. The Balaban J connectivity index is 0.00000289. The molecule has 1 amide bonds. The van der Waals surface area contributed by atoms with Gasteiger partial charge in [-0.3, -0.25) is 4.79 Å². The summed E-state index contributed by atoms with van der Waals surface area (Å²) >= 11 is 0. The first-order valence-corrected chi connectivity index (χ1v) is 5.81. The molecule has 0 aliphatic heterocycles. The summed E-state index contributed by atoms with van der Waals surface area (Å²) in [4.78, 5) is 11.7. The lowest BCUT2D eigenvalue weighted by atomic mass is 10.1. The summed E-state index contributed by atoms with van der Waals surface area (Å²) in [5.74, 6) is 0.795. The molecule has 0 radical (unpaired) electrons. The number of carbonyl (C=O) groups is 1. The Bertz CT molecular complexity index is 359. The highest BCUT2D eigenvalue weighted by Crippen LogP contribution is 2.17. The van der Waals surface area contributed by atoms with Crippen molar-refractivity contribution < 1.29 is 9.53 Å². The minimum absolute atomic E-state index is 0. The average molecular weight is 273 g/mol. The molecule has 2 N–H and O–H groups in total. The van der Waals surface area contributed by atoms with Crippen LogP contribution in [0.5, 0.6) is 5.75 Å². The van der Waals surface area contributed by atoms with Crippen LogP contribution < -0.4 is 15.4 Å². The molecule has 0 heterocycles. The van der Waals surface area contributed by atoms with Gasteiger partial charge < -0.3 is 15.4 Å².